The molecule has 0 aromatic heterocycles. The van der Waals surface area contributed by atoms with Crippen LogP contribution in [0.3, 0.4) is 0 Å². The number of carbonyl (C=O) groups excluding carboxylic acids is 1. The van der Waals surface area contributed by atoms with Crippen LogP contribution in [0.4, 0.5) is 0 Å². The maximum Gasteiger partial charge on any atom is 0.187 e. The predicted molar refractivity (Wildman–Crippen MR) is 145 cm³/mol. The van der Waals surface area contributed by atoms with Gasteiger partial charge >= 0.3 is 0 Å². The molecule has 4 aromatic carbocycles. The van der Waals surface area contributed by atoms with Crippen molar-refractivity contribution in [2.45, 2.75) is 6.54 Å². The molecule has 5 rings (SSSR count). The molecule has 4 aromatic rings. The lowest BCUT2D eigenvalue weighted by molar-refractivity contribution is 0.104. The van der Waals surface area contributed by atoms with Crippen molar-refractivity contribution in [2.75, 3.05) is 0 Å². The van der Waals surface area contributed by atoms with Gasteiger partial charge in [-0.2, -0.15) is 0 Å². The van der Waals surface area contributed by atoms with Gasteiger partial charge in [0.2, 0.25) is 0 Å². The number of allylic oxidation sites excluding steroid dienone is 4. The average Bonchev–Trinajstić information content (AvgIpc) is 2.92. The summed E-state index contributed by atoms with van der Waals surface area (Å²) in [4.78, 5) is 15.5. The van der Waals surface area contributed by atoms with E-state index in [-0.39, 0.29) is 5.78 Å². The third-order valence-corrected chi connectivity index (χ3v) is 6.22. The summed E-state index contributed by atoms with van der Waals surface area (Å²) in [7, 11) is 0. The zero-order valence-electron chi connectivity index (χ0n) is 19.1. The number of carbonyl (C=O) groups is 1. The zero-order valence-corrected chi connectivity index (χ0v) is 19.9. The molecule has 170 valence electrons. The van der Waals surface area contributed by atoms with Crippen LogP contribution in [0.5, 0.6) is 0 Å². The van der Waals surface area contributed by atoms with Gasteiger partial charge in [-0.3, -0.25) is 4.79 Å². The number of rotatable bonds is 6. The molecule has 0 spiro atoms. The summed E-state index contributed by atoms with van der Waals surface area (Å²) in [5.41, 5.74) is 6.89. The van der Waals surface area contributed by atoms with Gasteiger partial charge in [0, 0.05) is 34.6 Å². The van der Waals surface area contributed by atoms with Gasteiger partial charge < -0.3 is 4.90 Å². The van der Waals surface area contributed by atoms with Crippen molar-refractivity contribution in [2.24, 2.45) is 0 Å². The van der Waals surface area contributed by atoms with Gasteiger partial charge in [0.1, 0.15) is 0 Å². The van der Waals surface area contributed by atoms with Crippen LogP contribution in [0.2, 0.25) is 5.02 Å². The Labute approximate surface area is 211 Å². The fourth-order valence-electron chi connectivity index (χ4n) is 4.18. The maximum atomic E-state index is 13.3. The first-order valence-electron chi connectivity index (χ1n) is 11.5. The monoisotopic (exact) mass is 473 g/mol. The molecule has 35 heavy (non-hydrogen) atoms. The van der Waals surface area contributed by atoms with Gasteiger partial charge in [-0.25, -0.2) is 0 Å². The first-order chi connectivity index (χ1) is 17.2. The summed E-state index contributed by atoms with van der Waals surface area (Å²) in [5.74, 6) is -0.0281. The largest absolute Gasteiger partial charge is 0.336 e. The smallest absolute Gasteiger partial charge is 0.187 e. The zero-order chi connectivity index (χ0) is 24.0. The van der Waals surface area contributed by atoms with Crippen LogP contribution in [0, 0.1) is 0 Å². The molecule has 0 amide bonds. The first kappa shape index (κ1) is 22.6. The van der Waals surface area contributed by atoms with Crippen molar-refractivity contribution in [3.05, 3.63) is 166 Å². The minimum atomic E-state index is -0.0281. The molecule has 0 unspecified atom stereocenters. The molecular weight excluding hydrogens is 450 g/mol. The third-order valence-electron chi connectivity index (χ3n) is 5.97. The number of nitrogens with zero attached hydrogens (tertiary/aromatic N) is 1. The highest BCUT2D eigenvalue weighted by atomic mass is 35.5. The highest BCUT2D eigenvalue weighted by Gasteiger charge is 2.22. The molecule has 0 fully saturated rings. The van der Waals surface area contributed by atoms with Crippen LogP contribution >= 0.6 is 11.6 Å². The fraction of sp³-hybridized carbons (Fsp3) is 0.0312. The molecule has 0 atom stereocenters. The van der Waals surface area contributed by atoms with Crippen LogP contribution < -0.4 is 0 Å². The lowest BCUT2D eigenvalue weighted by Gasteiger charge is -2.33. The number of hydrogen-bond acceptors (Lipinski definition) is 2. The van der Waals surface area contributed by atoms with Crippen molar-refractivity contribution in [3.63, 3.8) is 0 Å². The molecule has 1 aliphatic heterocycles. The number of benzene rings is 4. The Kier molecular flexibility index (Phi) is 6.74. The highest BCUT2D eigenvalue weighted by molar-refractivity contribution is 6.30. The average molecular weight is 474 g/mol. The Morgan fingerprint density at radius 3 is 1.89 bits per heavy atom. The van der Waals surface area contributed by atoms with Crippen LogP contribution in [0.1, 0.15) is 27.0 Å². The van der Waals surface area contributed by atoms with Crippen molar-refractivity contribution >= 4 is 28.7 Å². The Morgan fingerprint density at radius 1 is 0.686 bits per heavy atom. The molecule has 2 nitrogen and oxygen atoms in total. The number of ketones is 1. The van der Waals surface area contributed by atoms with Crippen molar-refractivity contribution < 1.29 is 4.79 Å². The summed E-state index contributed by atoms with van der Waals surface area (Å²) in [5, 5.41) is 0.701. The molecule has 0 radical (unpaired) electrons. The maximum absolute atomic E-state index is 13.3. The Hall–Kier alpha value is -4.14. The van der Waals surface area contributed by atoms with Gasteiger partial charge in [-0.15, -0.1) is 0 Å². The van der Waals surface area contributed by atoms with E-state index in [1.54, 1.807) is 6.08 Å². The molecule has 0 aliphatic carbocycles. The normalized spacial score (nSPS) is 14.4. The molecule has 0 saturated carbocycles. The predicted octanol–water partition coefficient (Wildman–Crippen LogP) is 8.05. The second-order valence-electron chi connectivity index (χ2n) is 8.37. The van der Waals surface area contributed by atoms with Gasteiger partial charge in [0.05, 0.1) is 0 Å². The van der Waals surface area contributed by atoms with Crippen molar-refractivity contribution in [1.29, 1.82) is 0 Å². The summed E-state index contributed by atoms with van der Waals surface area (Å²) >= 11 is 6.14. The van der Waals surface area contributed by atoms with E-state index in [9.17, 15) is 4.79 Å². The Morgan fingerprint density at radius 2 is 1.26 bits per heavy atom. The molecule has 3 heteroatoms. The van der Waals surface area contributed by atoms with E-state index in [1.807, 2.05) is 91.0 Å². The molecule has 0 N–H and O–H groups in total. The number of hydrogen-bond donors (Lipinski definition) is 0. The summed E-state index contributed by atoms with van der Waals surface area (Å²) in [6, 6.07) is 37.8. The summed E-state index contributed by atoms with van der Waals surface area (Å²) in [6.07, 6.45) is 6.04. The Balaban J connectivity index is 1.65. The van der Waals surface area contributed by atoms with E-state index in [1.165, 1.54) is 0 Å². The van der Waals surface area contributed by atoms with Crippen LogP contribution in [-0.2, 0) is 6.54 Å². The van der Waals surface area contributed by atoms with Gasteiger partial charge in [0.15, 0.2) is 5.78 Å². The lowest BCUT2D eigenvalue weighted by atomic mass is 9.95. The van der Waals surface area contributed by atoms with Crippen molar-refractivity contribution in [1.82, 2.24) is 4.90 Å². The standard InChI is InChI=1S/C32H24ClNO/c33-29-18-16-24(17-19-29)23-34-30(22-32(35)27-14-8-3-9-15-27)20-28(25-10-4-1-5-11-25)21-31(34)26-12-6-2-7-13-26/h1-22H,23H2/b30-22+. The second-order valence-corrected chi connectivity index (χ2v) is 8.81. The summed E-state index contributed by atoms with van der Waals surface area (Å²) in [6.45, 7) is 0.602. The van der Waals surface area contributed by atoms with E-state index in [4.69, 9.17) is 11.6 Å². The fourth-order valence-corrected chi connectivity index (χ4v) is 4.30. The molecule has 1 aliphatic rings. The van der Waals surface area contributed by atoms with E-state index in [0.717, 1.165) is 33.7 Å². The summed E-state index contributed by atoms with van der Waals surface area (Å²) < 4.78 is 0. The van der Waals surface area contributed by atoms with E-state index in [0.29, 0.717) is 17.1 Å². The SMILES string of the molecule is O=C(/C=C1\C=C(c2ccccc2)C=C(c2ccccc2)N1Cc1ccc(Cl)cc1)c1ccccc1. The van der Waals surface area contributed by atoms with E-state index in [2.05, 4.69) is 41.3 Å². The van der Waals surface area contributed by atoms with Crippen LogP contribution in [0.25, 0.3) is 11.3 Å². The minimum Gasteiger partial charge on any atom is -0.336 e. The lowest BCUT2D eigenvalue weighted by Crippen LogP contribution is -2.24. The van der Waals surface area contributed by atoms with Gasteiger partial charge in [-0.1, -0.05) is 115 Å². The Bertz CT molecular complexity index is 1400. The first-order valence-corrected chi connectivity index (χ1v) is 11.9. The number of halogens is 1. The molecule has 1 heterocycles. The van der Waals surface area contributed by atoms with Crippen LogP contribution in [0.15, 0.2) is 139 Å². The van der Waals surface area contributed by atoms with Gasteiger partial charge in [-0.05, 0) is 46.5 Å². The second kappa shape index (κ2) is 10.4. The van der Waals surface area contributed by atoms with Crippen molar-refractivity contribution in [3.8, 4) is 0 Å². The topological polar surface area (TPSA) is 20.3 Å². The van der Waals surface area contributed by atoms with E-state index >= 15 is 0 Å². The molecule has 0 bridgehead atoms. The van der Waals surface area contributed by atoms with Crippen LogP contribution in [-0.4, -0.2) is 10.7 Å². The van der Waals surface area contributed by atoms with E-state index < -0.39 is 0 Å². The highest BCUT2D eigenvalue weighted by Crippen LogP contribution is 2.36. The van der Waals surface area contributed by atoms with Gasteiger partial charge in [0.25, 0.3) is 0 Å². The molecule has 0 saturated heterocycles. The quantitative estimate of drug-likeness (QED) is 0.208. The molecular formula is C32H24ClNO. The third kappa shape index (κ3) is 5.34. The minimum absolute atomic E-state index is 0.0281.